The lowest BCUT2D eigenvalue weighted by atomic mass is 9.76. The second-order valence-corrected chi connectivity index (χ2v) is 9.02. The van der Waals surface area contributed by atoms with E-state index in [1.807, 2.05) is 5.38 Å². The van der Waals surface area contributed by atoms with Crippen LogP contribution in [0, 0.1) is 11.3 Å². The van der Waals surface area contributed by atoms with Gasteiger partial charge in [-0.2, -0.15) is 0 Å². The predicted octanol–water partition coefficient (Wildman–Crippen LogP) is 2.37. The highest BCUT2D eigenvalue weighted by molar-refractivity contribution is 7.16. The molecule has 1 saturated carbocycles. The first kappa shape index (κ1) is 16.9. The Hall–Kier alpha value is -2.22. The Kier molecular flexibility index (Phi) is 3.86. The molecule has 8 heteroatoms. The normalized spacial score (nSPS) is 24.7. The SMILES string of the molecule is O=C(O)C1CC2(CCN(c3ncnc4sccc34)CC2)CN1C(=O)C1CC1. The van der Waals surface area contributed by atoms with Crippen molar-refractivity contribution >= 4 is 39.2 Å². The molecule has 1 atom stereocenters. The van der Waals surface area contributed by atoms with Crippen molar-refractivity contribution in [2.75, 3.05) is 24.5 Å². The van der Waals surface area contributed by atoms with Crippen LogP contribution >= 0.6 is 11.3 Å². The van der Waals surface area contributed by atoms with E-state index in [1.54, 1.807) is 22.6 Å². The molecule has 2 aromatic heterocycles. The van der Waals surface area contributed by atoms with Gasteiger partial charge in [0.1, 0.15) is 23.0 Å². The molecule has 142 valence electrons. The van der Waals surface area contributed by atoms with Crippen LogP contribution < -0.4 is 4.90 Å². The molecule has 4 heterocycles. The van der Waals surface area contributed by atoms with Crippen LogP contribution in [0.5, 0.6) is 0 Å². The molecule has 27 heavy (non-hydrogen) atoms. The Morgan fingerprint density at radius 2 is 2.00 bits per heavy atom. The molecule has 2 aromatic rings. The Labute approximate surface area is 161 Å². The minimum atomic E-state index is -0.862. The van der Waals surface area contributed by atoms with Gasteiger partial charge in [-0.3, -0.25) is 4.79 Å². The van der Waals surface area contributed by atoms with Crippen LogP contribution in [0.4, 0.5) is 5.82 Å². The number of likely N-dealkylation sites (tertiary alicyclic amines) is 1. The number of piperidine rings is 1. The molecular weight excluding hydrogens is 364 g/mol. The standard InChI is InChI=1S/C19H22N4O3S/c24-17(12-1-2-12)23-10-19(9-14(23)18(25)26)4-6-22(7-5-19)15-13-3-8-27-16(13)21-11-20-15/h3,8,11-12,14H,1-2,4-7,9-10H2,(H,25,26). The quantitative estimate of drug-likeness (QED) is 0.872. The number of carbonyl (C=O) groups excluding carboxylic acids is 1. The summed E-state index contributed by atoms with van der Waals surface area (Å²) in [6.45, 7) is 2.25. The van der Waals surface area contributed by atoms with Crippen LogP contribution in [-0.4, -0.2) is 57.5 Å². The summed E-state index contributed by atoms with van der Waals surface area (Å²) in [6.07, 6.45) is 5.79. The summed E-state index contributed by atoms with van der Waals surface area (Å²) >= 11 is 1.61. The lowest BCUT2D eigenvalue weighted by Gasteiger charge is -2.39. The van der Waals surface area contributed by atoms with E-state index in [0.717, 1.165) is 54.8 Å². The van der Waals surface area contributed by atoms with Crippen molar-refractivity contribution in [1.29, 1.82) is 0 Å². The van der Waals surface area contributed by atoms with E-state index < -0.39 is 12.0 Å². The molecule has 1 unspecified atom stereocenters. The third kappa shape index (κ3) is 2.86. The highest BCUT2D eigenvalue weighted by Crippen LogP contribution is 2.46. The maximum absolute atomic E-state index is 12.6. The van der Waals surface area contributed by atoms with Gasteiger partial charge in [0.2, 0.25) is 5.91 Å². The second kappa shape index (κ2) is 6.15. The van der Waals surface area contributed by atoms with Crippen molar-refractivity contribution in [2.45, 2.75) is 38.1 Å². The van der Waals surface area contributed by atoms with E-state index in [2.05, 4.69) is 20.9 Å². The first-order valence-electron chi connectivity index (χ1n) is 9.53. The van der Waals surface area contributed by atoms with Gasteiger partial charge >= 0.3 is 5.97 Å². The number of hydrogen-bond donors (Lipinski definition) is 1. The summed E-state index contributed by atoms with van der Waals surface area (Å²) < 4.78 is 0. The Morgan fingerprint density at radius 1 is 1.22 bits per heavy atom. The topological polar surface area (TPSA) is 86.6 Å². The molecule has 1 N–H and O–H groups in total. The van der Waals surface area contributed by atoms with Gasteiger partial charge in [0.15, 0.2) is 0 Å². The second-order valence-electron chi connectivity index (χ2n) is 8.12. The van der Waals surface area contributed by atoms with Crippen LogP contribution in [0.15, 0.2) is 17.8 Å². The van der Waals surface area contributed by atoms with E-state index in [1.165, 1.54) is 0 Å². The highest BCUT2D eigenvalue weighted by Gasteiger charge is 2.51. The number of carbonyl (C=O) groups is 2. The molecule has 0 bridgehead atoms. The molecular formula is C19H22N4O3S. The zero-order valence-corrected chi connectivity index (χ0v) is 15.8. The number of rotatable bonds is 3. The van der Waals surface area contributed by atoms with Gasteiger partial charge < -0.3 is 14.9 Å². The maximum Gasteiger partial charge on any atom is 0.326 e. The average Bonchev–Trinajstić information content (AvgIpc) is 3.29. The number of fused-ring (bicyclic) bond motifs is 1. The summed E-state index contributed by atoms with van der Waals surface area (Å²) in [7, 11) is 0. The number of amides is 1. The molecule has 3 aliphatic rings. The fourth-order valence-electron chi connectivity index (χ4n) is 4.66. The molecule has 5 rings (SSSR count). The summed E-state index contributed by atoms with van der Waals surface area (Å²) in [5.74, 6) is 0.223. The number of thiophene rings is 1. The number of aromatic nitrogens is 2. The van der Waals surface area contributed by atoms with Crippen LogP contribution in [-0.2, 0) is 9.59 Å². The van der Waals surface area contributed by atoms with E-state index in [9.17, 15) is 14.7 Å². The van der Waals surface area contributed by atoms with Crippen molar-refractivity contribution in [3.63, 3.8) is 0 Å². The van der Waals surface area contributed by atoms with Crippen molar-refractivity contribution in [3.05, 3.63) is 17.8 Å². The van der Waals surface area contributed by atoms with E-state index in [-0.39, 0.29) is 17.2 Å². The van der Waals surface area contributed by atoms with Gasteiger partial charge in [-0.25, -0.2) is 14.8 Å². The molecule has 1 amide bonds. The van der Waals surface area contributed by atoms with Crippen molar-refractivity contribution in [2.24, 2.45) is 11.3 Å². The Bertz CT molecular complexity index is 901. The summed E-state index contributed by atoms with van der Waals surface area (Å²) in [5.41, 5.74) is -0.0785. The minimum absolute atomic E-state index is 0.0532. The van der Waals surface area contributed by atoms with Crippen LogP contribution in [0.1, 0.15) is 32.1 Å². The van der Waals surface area contributed by atoms with Crippen LogP contribution in [0.3, 0.4) is 0 Å². The minimum Gasteiger partial charge on any atom is -0.480 e. The van der Waals surface area contributed by atoms with E-state index in [4.69, 9.17) is 0 Å². The average molecular weight is 386 g/mol. The van der Waals surface area contributed by atoms with Crippen molar-refractivity contribution < 1.29 is 14.7 Å². The first-order valence-corrected chi connectivity index (χ1v) is 10.4. The number of aliphatic carboxylic acids is 1. The van der Waals surface area contributed by atoms with Crippen LogP contribution in [0.25, 0.3) is 10.2 Å². The molecule has 0 aromatic carbocycles. The fraction of sp³-hybridized carbons (Fsp3) is 0.579. The monoisotopic (exact) mass is 386 g/mol. The summed E-state index contributed by atoms with van der Waals surface area (Å²) in [5, 5.41) is 12.8. The van der Waals surface area contributed by atoms with E-state index >= 15 is 0 Å². The lowest BCUT2D eigenvalue weighted by molar-refractivity contribution is -0.148. The van der Waals surface area contributed by atoms with Crippen molar-refractivity contribution in [3.8, 4) is 0 Å². The molecule has 2 aliphatic heterocycles. The molecule has 2 saturated heterocycles. The molecule has 3 fully saturated rings. The fourth-order valence-corrected chi connectivity index (χ4v) is 5.38. The molecule has 7 nitrogen and oxygen atoms in total. The Balaban J connectivity index is 1.34. The van der Waals surface area contributed by atoms with Gasteiger partial charge in [0, 0.05) is 25.6 Å². The third-order valence-electron chi connectivity index (χ3n) is 6.37. The highest BCUT2D eigenvalue weighted by atomic mass is 32.1. The largest absolute Gasteiger partial charge is 0.480 e. The number of carboxylic acids is 1. The summed E-state index contributed by atoms with van der Waals surface area (Å²) in [4.78, 5) is 38.1. The van der Waals surface area contributed by atoms with Gasteiger partial charge in [-0.1, -0.05) is 0 Å². The third-order valence-corrected chi connectivity index (χ3v) is 7.19. The number of anilines is 1. The maximum atomic E-state index is 12.6. The summed E-state index contributed by atoms with van der Waals surface area (Å²) in [6, 6.07) is 1.40. The number of hydrogen-bond acceptors (Lipinski definition) is 6. The van der Waals surface area contributed by atoms with E-state index in [0.29, 0.717) is 13.0 Å². The van der Waals surface area contributed by atoms with Gasteiger partial charge in [-0.05, 0) is 49.0 Å². The molecule has 1 aliphatic carbocycles. The van der Waals surface area contributed by atoms with Crippen molar-refractivity contribution in [1.82, 2.24) is 14.9 Å². The molecule has 1 spiro atoms. The predicted molar refractivity (Wildman–Crippen MR) is 102 cm³/mol. The molecule has 0 radical (unpaired) electrons. The zero-order chi connectivity index (χ0) is 18.6. The van der Waals surface area contributed by atoms with Gasteiger partial charge in [0.05, 0.1) is 5.39 Å². The Morgan fingerprint density at radius 3 is 2.70 bits per heavy atom. The first-order chi connectivity index (χ1) is 13.1. The van der Waals surface area contributed by atoms with Gasteiger partial charge in [0.25, 0.3) is 0 Å². The van der Waals surface area contributed by atoms with Crippen LogP contribution in [0.2, 0.25) is 0 Å². The zero-order valence-electron chi connectivity index (χ0n) is 15.0. The van der Waals surface area contributed by atoms with Gasteiger partial charge in [-0.15, -0.1) is 11.3 Å². The lowest BCUT2D eigenvalue weighted by Crippen LogP contribution is -2.43. The smallest absolute Gasteiger partial charge is 0.326 e. The number of nitrogens with zero attached hydrogens (tertiary/aromatic N) is 4. The number of carboxylic acid groups (broad SMARTS) is 1.